The van der Waals surface area contributed by atoms with Crippen molar-refractivity contribution < 1.29 is 29.4 Å². The number of carboxylic acid groups (broad SMARTS) is 1. The Morgan fingerprint density at radius 1 is 1.44 bits per heavy atom. The lowest BCUT2D eigenvalue weighted by Crippen LogP contribution is -2.71. The number of rotatable bonds is 10. The van der Waals surface area contributed by atoms with Gasteiger partial charge in [-0.05, 0) is 28.1 Å². The molecule has 36 heavy (non-hydrogen) atoms. The van der Waals surface area contributed by atoms with Crippen LogP contribution in [-0.4, -0.2) is 88.3 Å². The summed E-state index contributed by atoms with van der Waals surface area (Å²) in [6.45, 7) is 3.57. The van der Waals surface area contributed by atoms with E-state index in [1.165, 1.54) is 57.4 Å². The third-order valence-corrected chi connectivity index (χ3v) is 7.61. The van der Waals surface area contributed by atoms with E-state index in [4.69, 9.17) is 4.84 Å². The number of tetrazole rings is 1. The third-order valence-electron chi connectivity index (χ3n) is 5.18. The number of thioether (sulfide) groups is 2. The number of aromatic nitrogens is 4. The summed E-state index contributed by atoms with van der Waals surface area (Å²) < 4.78 is 1.47. The Kier molecular flexibility index (Phi) is 7.59. The van der Waals surface area contributed by atoms with Crippen LogP contribution in [-0.2, 0) is 26.3 Å². The Balaban J connectivity index is 1.51. The van der Waals surface area contributed by atoms with E-state index in [2.05, 4.69) is 32.6 Å². The molecule has 13 nitrogen and oxygen atoms in total. The summed E-state index contributed by atoms with van der Waals surface area (Å²) in [6, 6.07) is 4.90. The molecular formula is C21H21N7O6S2. The molecule has 0 saturated carbocycles. The molecule has 2 aliphatic rings. The van der Waals surface area contributed by atoms with Crippen LogP contribution in [0.4, 0.5) is 0 Å². The number of benzene rings is 1. The molecule has 15 heteroatoms. The van der Waals surface area contributed by atoms with Gasteiger partial charge in [0.2, 0.25) is 5.16 Å². The van der Waals surface area contributed by atoms with Crippen molar-refractivity contribution in [1.82, 2.24) is 30.4 Å². The predicted octanol–water partition coefficient (Wildman–Crippen LogP) is 0.353. The van der Waals surface area contributed by atoms with E-state index >= 15 is 0 Å². The molecule has 1 aromatic carbocycles. The maximum Gasteiger partial charge on any atom is 0.352 e. The van der Waals surface area contributed by atoms with Gasteiger partial charge in [-0.1, -0.05) is 41.7 Å². The first kappa shape index (κ1) is 25.2. The van der Waals surface area contributed by atoms with Crippen molar-refractivity contribution in [3.8, 4) is 5.75 Å². The second-order valence-electron chi connectivity index (χ2n) is 7.57. The van der Waals surface area contributed by atoms with Gasteiger partial charge < -0.3 is 20.4 Å². The fourth-order valence-corrected chi connectivity index (χ4v) is 5.87. The van der Waals surface area contributed by atoms with Crippen molar-refractivity contribution >= 4 is 47.0 Å². The van der Waals surface area contributed by atoms with E-state index in [9.17, 15) is 24.6 Å². The van der Waals surface area contributed by atoms with Crippen LogP contribution in [0.5, 0.6) is 5.75 Å². The predicted molar refractivity (Wildman–Crippen MR) is 130 cm³/mol. The Hall–Kier alpha value is -3.85. The molecular weight excluding hydrogens is 510 g/mol. The maximum atomic E-state index is 13.1. The highest BCUT2D eigenvalue weighted by molar-refractivity contribution is 8.01. The van der Waals surface area contributed by atoms with Crippen molar-refractivity contribution in [2.45, 2.75) is 16.6 Å². The number of β-lactam (4-membered cyclic amide) rings is 1. The summed E-state index contributed by atoms with van der Waals surface area (Å²) >= 11 is 2.60. The molecule has 3 N–H and O–H groups in total. The lowest BCUT2D eigenvalue weighted by molar-refractivity contribution is -0.150. The Bertz CT molecular complexity index is 1280. The Morgan fingerprint density at radius 2 is 2.25 bits per heavy atom. The zero-order valence-electron chi connectivity index (χ0n) is 18.9. The molecule has 1 fully saturated rings. The van der Waals surface area contributed by atoms with Crippen LogP contribution in [0.3, 0.4) is 0 Å². The monoisotopic (exact) mass is 531 g/mol. The van der Waals surface area contributed by atoms with Gasteiger partial charge in [-0.3, -0.25) is 14.5 Å². The highest BCUT2D eigenvalue weighted by atomic mass is 32.2. The van der Waals surface area contributed by atoms with Gasteiger partial charge in [-0.25, -0.2) is 9.48 Å². The second kappa shape index (κ2) is 10.8. The normalized spacial score (nSPS) is 19.4. The number of aromatic hydroxyl groups is 1. The number of phenols is 1. The number of hydrogen-bond donors (Lipinski definition) is 3. The number of amides is 2. The summed E-state index contributed by atoms with van der Waals surface area (Å²) in [5, 5.41) is 37.2. The van der Waals surface area contributed by atoms with Crippen molar-refractivity contribution in [1.29, 1.82) is 0 Å². The summed E-state index contributed by atoms with van der Waals surface area (Å²) in [4.78, 5) is 44.4. The zero-order valence-corrected chi connectivity index (χ0v) is 20.5. The first-order chi connectivity index (χ1) is 17.3. The van der Waals surface area contributed by atoms with Gasteiger partial charge in [-0.15, -0.1) is 16.9 Å². The standard InChI is InChI=1S/C21H21N7O6S2/c1-3-7-34-24-14(11-5-4-6-13(29)8-11)17(30)22-15-18(31)28-16(20(32)33)12(9-35-19(15)28)10-36-21-23-25-26-27(21)2/h3-6,8,15,19,29H,1,7,9-10H2,2H3,(H,22,30)(H,32,33)/b24-14-/t15?,19-/m1/s1. The smallest absolute Gasteiger partial charge is 0.352 e. The Labute approximate surface area is 213 Å². The zero-order chi connectivity index (χ0) is 25.8. The molecule has 1 aromatic heterocycles. The lowest BCUT2D eigenvalue weighted by atomic mass is 10.0. The molecule has 188 valence electrons. The fourth-order valence-electron chi connectivity index (χ4n) is 3.53. The largest absolute Gasteiger partial charge is 0.508 e. The molecule has 0 radical (unpaired) electrons. The topological polar surface area (TPSA) is 172 Å². The minimum atomic E-state index is -1.23. The molecule has 2 atom stereocenters. The van der Waals surface area contributed by atoms with E-state index in [0.29, 0.717) is 16.5 Å². The van der Waals surface area contributed by atoms with E-state index in [0.717, 1.165) is 0 Å². The van der Waals surface area contributed by atoms with Crippen LogP contribution in [0.25, 0.3) is 0 Å². The number of nitrogens with one attached hydrogen (secondary N) is 1. The molecule has 2 amide bonds. The van der Waals surface area contributed by atoms with Gasteiger partial charge in [0.25, 0.3) is 11.8 Å². The number of nitrogens with zero attached hydrogens (tertiary/aromatic N) is 6. The molecule has 2 aromatic rings. The summed E-state index contributed by atoms with van der Waals surface area (Å²) in [5.41, 5.74) is 0.575. The molecule has 0 spiro atoms. The minimum absolute atomic E-state index is 0.0438. The van der Waals surface area contributed by atoms with Gasteiger partial charge in [0.1, 0.15) is 29.5 Å². The number of aryl methyl sites for hydroxylation is 1. The number of aliphatic carboxylic acids is 1. The molecule has 0 aliphatic carbocycles. The van der Waals surface area contributed by atoms with E-state index in [1.54, 1.807) is 13.1 Å². The van der Waals surface area contributed by atoms with Gasteiger partial charge in [0.05, 0.1) is 0 Å². The first-order valence-electron chi connectivity index (χ1n) is 10.5. The molecule has 1 unspecified atom stereocenters. The van der Waals surface area contributed by atoms with E-state index in [1.807, 2.05) is 0 Å². The molecule has 4 rings (SSSR count). The molecule has 1 saturated heterocycles. The van der Waals surface area contributed by atoms with Gasteiger partial charge in [0.15, 0.2) is 5.71 Å². The third kappa shape index (κ3) is 5.06. The van der Waals surface area contributed by atoms with Crippen LogP contribution in [0.2, 0.25) is 0 Å². The van der Waals surface area contributed by atoms with Crippen LogP contribution in [0.1, 0.15) is 5.56 Å². The van der Waals surface area contributed by atoms with E-state index < -0.39 is 29.2 Å². The number of carbonyl (C=O) groups excluding carboxylic acids is 2. The molecule has 0 bridgehead atoms. The van der Waals surface area contributed by atoms with Crippen molar-refractivity contribution in [3.05, 3.63) is 53.8 Å². The number of fused-ring (bicyclic) bond motifs is 1. The average molecular weight is 532 g/mol. The number of hydrogen-bond acceptors (Lipinski definition) is 11. The highest BCUT2D eigenvalue weighted by Crippen LogP contribution is 2.41. The van der Waals surface area contributed by atoms with Crippen molar-refractivity contribution in [3.63, 3.8) is 0 Å². The van der Waals surface area contributed by atoms with Gasteiger partial charge in [0, 0.05) is 24.1 Å². The average Bonchev–Trinajstić information content (AvgIpc) is 3.27. The SMILES string of the molecule is C=CCO/N=C(\C(=O)NC1C(=O)N2C(C(=O)O)=C(CSc3nnnn3C)CS[C@H]12)c1cccc(O)c1. The van der Waals surface area contributed by atoms with Crippen LogP contribution >= 0.6 is 23.5 Å². The van der Waals surface area contributed by atoms with Crippen molar-refractivity contribution in [2.24, 2.45) is 12.2 Å². The quantitative estimate of drug-likeness (QED) is 0.0964. The number of phenolic OH excluding ortho intramolecular Hbond substituents is 1. The fraction of sp³-hybridized carbons (Fsp3) is 0.286. The van der Waals surface area contributed by atoms with Crippen LogP contribution < -0.4 is 5.32 Å². The van der Waals surface area contributed by atoms with Crippen molar-refractivity contribution in [2.75, 3.05) is 18.1 Å². The number of carboxylic acids is 1. The minimum Gasteiger partial charge on any atom is -0.508 e. The summed E-state index contributed by atoms with van der Waals surface area (Å²) in [7, 11) is 1.67. The summed E-state index contributed by atoms with van der Waals surface area (Å²) in [5.74, 6) is -1.94. The Morgan fingerprint density at radius 3 is 2.92 bits per heavy atom. The first-order valence-corrected chi connectivity index (χ1v) is 12.5. The second-order valence-corrected chi connectivity index (χ2v) is 9.61. The maximum absolute atomic E-state index is 13.1. The number of oxime groups is 1. The molecule has 2 aliphatic heterocycles. The van der Waals surface area contributed by atoms with Gasteiger partial charge in [-0.2, -0.15) is 0 Å². The van der Waals surface area contributed by atoms with Crippen LogP contribution in [0, 0.1) is 0 Å². The number of carbonyl (C=O) groups is 3. The van der Waals surface area contributed by atoms with Crippen LogP contribution in [0.15, 0.2) is 58.5 Å². The molecule has 3 heterocycles. The van der Waals surface area contributed by atoms with E-state index in [-0.39, 0.29) is 35.1 Å². The van der Waals surface area contributed by atoms with Gasteiger partial charge >= 0.3 is 5.97 Å². The summed E-state index contributed by atoms with van der Waals surface area (Å²) in [6.07, 6.45) is 1.45. The lowest BCUT2D eigenvalue weighted by Gasteiger charge is -2.49. The highest BCUT2D eigenvalue weighted by Gasteiger charge is 2.54.